The lowest BCUT2D eigenvalue weighted by atomic mass is 10.5. The summed E-state index contributed by atoms with van der Waals surface area (Å²) in [6, 6.07) is 1.22. The fourth-order valence-electron chi connectivity index (χ4n) is 1.07. The minimum atomic E-state index is -0.964. The van der Waals surface area contributed by atoms with Crippen LogP contribution in [-0.2, 0) is 4.74 Å². The molecule has 0 atom stereocenters. The number of ether oxygens (including phenoxy) is 1. The third kappa shape index (κ3) is 10.8. The Morgan fingerprint density at radius 2 is 1.82 bits per heavy atom. The van der Waals surface area contributed by atoms with Crippen molar-refractivity contribution < 1.29 is 4.74 Å². The van der Waals surface area contributed by atoms with E-state index in [4.69, 9.17) is 16.3 Å². The molecule has 0 aliphatic rings. The van der Waals surface area contributed by atoms with Crippen LogP contribution in [0.25, 0.3) is 0 Å². The predicted octanol–water partition coefficient (Wildman–Crippen LogP) is 2.87. The SMILES string of the molecule is CN(C/C=C(/Cl)N(C)C)COCC[Si](C)(C)C. The highest BCUT2D eigenvalue weighted by atomic mass is 35.5. The van der Waals surface area contributed by atoms with Gasteiger partial charge in [-0.3, -0.25) is 4.90 Å². The molecular weight excluding hydrogens is 252 g/mol. The zero-order valence-electron chi connectivity index (χ0n) is 12.1. The number of halogens is 1. The molecule has 0 aromatic rings. The molecule has 0 aliphatic heterocycles. The van der Waals surface area contributed by atoms with Crippen LogP contribution < -0.4 is 0 Å². The Hall–Kier alpha value is -0.0331. The van der Waals surface area contributed by atoms with E-state index in [-0.39, 0.29) is 0 Å². The molecule has 0 aliphatic carbocycles. The minimum Gasteiger partial charge on any atom is -0.369 e. The van der Waals surface area contributed by atoms with Crippen molar-refractivity contribution in [2.24, 2.45) is 0 Å². The fraction of sp³-hybridized carbons (Fsp3) is 0.833. The third-order valence-corrected chi connectivity index (χ3v) is 4.50. The van der Waals surface area contributed by atoms with E-state index < -0.39 is 8.07 Å². The summed E-state index contributed by atoms with van der Waals surface area (Å²) >= 11 is 6.01. The number of rotatable bonds is 8. The molecule has 0 saturated heterocycles. The largest absolute Gasteiger partial charge is 0.369 e. The van der Waals surface area contributed by atoms with Crippen molar-refractivity contribution in [3.05, 3.63) is 11.2 Å². The van der Waals surface area contributed by atoms with Gasteiger partial charge in [-0.1, -0.05) is 31.2 Å². The molecule has 0 rings (SSSR count). The highest BCUT2D eigenvalue weighted by Gasteiger charge is 2.12. The van der Waals surface area contributed by atoms with Crippen molar-refractivity contribution >= 4 is 19.7 Å². The van der Waals surface area contributed by atoms with Crippen LogP contribution in [0.2, 0.25) is 25.7 Å². The molecule has 0 heterocycles. The quantitative estimate of drug-likeness (QED) is 0.294. The van der Waals surface area contributed by atoms with E-state index in [1.54, 1.807) is 0 Å². The number of likely N-dealkylation sites (N-methyl/N-ethyl adjacent to an activating group) is 1. The van der Waals surface area contributed by atoms with Crippen molar-refractivity contribution in [1.29, 1.82) is 0 Å². The summed E-state index contributed by atoms with van der Waals surface area (Å²) in [4.78, 5) is 4.00. The second-order valence-electron chi connectivity index (χ2n) is 5.81. The zero-order valence-corrected chi connectivity index (χ0v) is 13.8. The molecule has 0 aromatic carbocycles. The van der Waals surface area contributed by atoms with Crippen LogP contribution in [0, 0.1) is 0 Å². The molecule has 3 nitrogen and oxygen atoms in total. The average molecular weight is 279 g/mol. The molecule has 0 unspecified atom stereocenters. The van der Waals surface area contributed by atoms with E-state index in [9.17, 15) is 0 Å². The summed E-state index contributed by atoms with van der Waals surface area (Å²) in [6.07, 6.45) is 1.99. The monoisotopic (exact) mass is 278 g/mol. The van der Waals surface area contributed by atoms with Crippen LogP contribution in [0.3, 0.4) is 0 Å². The minimum absolute atomic E-state index is 0.665. The van der Waals surface area contributed by atoms with Crippen molar-refractivity contribution in [3.63, 3.8) is 0 Å². The maximum Gasteiger partial charge on any atom is 0.101 e. The topological polar surface area (TPSA) is 15.7 Å². The van der Waals surface area contributed by atoms with Crippen molar-refractivity contribution in [2.45, 2.75) is 25.7 Å². The van der Waals surface area contributed by atoms with Gasteiger partial charge >= 0.3 is 0 Å². The van der Waals surface area contributed by atoms with Crippen LogP contribution in [-0.4, -0.2) is 58.9 Å². The average Bonchev–Trinajstić information content (AvgIpc) is 2.19. The van der Waals surface area contributed by atoms with E-state index in [0.717, 1.165) is 18.3 Å². The van der Waals surface area contributed by atoms with Gasteiger partial charge in [-0.05, 0) is 19.2 Å². The predicted molar refractivity (Wildman–Crippen MR) is 79.2 cm³/mol. The summed E-state index contributed by atoms with van der Waals surface area (Å²) in [5, 5.41) is 0.763. The van der Waals surface area contributed by atoms with Gasteiger partial charge < -0.3 is 9.64 Å². The van der Waals surface area contributed by atoms with Gasteiger partial charge in [0.15, 0.2) is 0 Å². The first kappa shape index (κ1) is 17.0. The lowest BCUT2D eigenvalue weighted by Gasteiger charge is -2.19. The first-order chi connectivity index (χ1) is 7.72. The van der Waals surface area contributed by atoms with Gasteiger partial charge in [-0.25, -0.2) is 0 Å². The molecule has 0 saturated carbocycles. The van der Waals surface area contributed by atoms with E-state index >= 15 is 0 Å². The van der Waals surface area contributed by atoms with E-state index in [1.807, 2.05) is 32.1 Å². The fourth-order valence-corrected chi connectivity index (χ4v) is 1.89. The summed E-state index contributed by atoms with van der Waals surface area (Å²) in [5.41, 5.74) is 0. The number of hydrogen-bond donors (Lipinski definition) is 0. The van der Waals surface area contributed by atoms with Crippen LogP contribution in [0.15, 0.2) is 11.2 Å². The molecule has 0 N–H and O–H groups in total. The zero-order chi connectivity index (χ0) is 13.5. The van der Waals surface area contributed by atoms with Crippen molar-refractivity contribution in [3.8, 4) is 0 Å². The lowest BCUT2D eigenvalue weighted by molar-refractivity contribution is 0.0566. The normalized spacial score (nSPS) is 13.3. The third-order valence-electron chi connectivity index (χ3n) is 2.31. The van der Waals surface area contributed by atoms with Gasteiger partial charge in [0.25, 0.3) is 0 Å². The Balaban J connectivity index is 3.67. The Morgan fingerprint density at radius 1 is 1.24 bits per heavy atom. The Kier molecular flexibility index (Phi) is 8.12. The second kappa shape index (κ2) is 8.14. The summed E-state index contributed by atoms with van der Waals surface area (Å²) in [6.45, 7) is 9.42. The Labute approximate surface area is 112 Å². The van der Waals surface area contributed by atoms with Gasteiger partial charge in [0, 0.05) is 35.3 Å². The highest BCUT2D eigenvalue weighted by Crippen LogP contribution is 2.08. The molecule has 0 bridgehead atoms. The van der Waals surface area contributed by atoms with E-state index in [2.05, 4.69) is 24.5 Å². The Morgan fingerprint density at radius 3 is 2.29 bits per heavy atom. The van der Waals surface area contributed by atoms with Crippen molar-refractivity contribution in [1.82, 2.24) is 9.80 Å². The first-order valence-electron chi connectivity index (χ1n) is 6.01. The molecule has 102 valence electrons. The highest BCUT2D eigenvalue weighted by molar-refractivity contribution is 6.76. The van der Waals surface area contributed by atoms with Gasteiger partial charge in [0.05, 0.1) is 6.73 Å². The first-order valence-corrected chi connectivity index (χ1v) is 10.1. The van der Waals surface area contributed by atoms with Crippen LogP contribution in [0.5, 0.6) is 0 Å². The van der Waals surface area contributed by atoms with Crippen molar-refractivity contribution in [2.75, 3.05) is 41.0 Å². The molecule has 0 fully saturated rings. The summed E-state index contributed by atoms with van der Waals surface area (Å²) in [7, 11) is 4.94. The maximum absolute atomic E-state index is 6.01. The van der Waals surface area contributed by atoms with Gasteiger partial charge in [0.1, 0.15) is 5.16 Å². The van der Waals surface area contributed by atoms with Crippen LogP contribution >= 0.6 is 11.6 Å². The smallest absolute Gasteiger partial charge is 0.101 e. The van der Waals surface area contributed by atoms with Crippen LogP contribution in [0.1, 0.15) is 0 Å². The number of nitrogens with zero attached hydrogens (tertiary/aromatic N) is 2. The Bertz CT molecular complexity index is 239. The molecule has 0 aromatic heterocycles. The second-order valence-corrected chi connectivity index (χ2v) is 11.8. The molecule has 5 heteroatoms. The van der Waals surface area contributed by atoms with Crippen LogP contribution in [0.4, 0.5) is 0 Å². The summed E-state index contributed by atoms with van der Waals surface area (Å²) < 4.78 is 5.64. The maximum atomic E-state index is 6.01. The molecule has 0 spiro atoms. The lowest BCUT2D eigenvalue weighted by Crippen LogP contribution is -2.26. The number of hydrogen-bond acceptors (Lipinski definition) is 3. The van der Waals surface area contributed by atoms with E-state index in [1.165, 1.54) is 6.04 Å². The molecular formula is C12H27ClN2OSi. The molecule has 0 amide bonds. The molecule has 0 radical (unpaired) electrons. The summed E-state index contributed by atoms with van der Waals surface area (Å²) in [5.74, 6) is 0. The van der Waals surface area contributed by atoms with Gasteiger partial charge in [0.2, 0.25) is 0 Å². The standard InChI is InChI=1S/C12H27ClN2OSi/c1-14(2)12(13)7-8-15(3)11-16-9-10-17(4,5)6/h7H,8-11H2,1-6H3/b12-7-. The van der Waals surface area contributed by atoms with E-state index in [0.29, 0.717) is 6.73 Å². The molecule has 17 heavy (non-hydrogen) atoms. The van der Waals surface area contributed by atoms with Gasteiger partial charge in [-0.2, -0.15) is 0 Å². The van der Waals surface area contributed by atoms with Gasteiger partial charge in [-0.15, -0.1) is 0 Å².